The minimum atomic E-state index is -4.54. The third-order valence-electron chi connectivity index (χ3n) is 6.13. The number of nitrogens with zero attached hydrogens (tertiary/aromatic N) is 2. The van der Waals surface area contributed by atoms with Crippen LogP contribution in [0.2, 0.25) is 5.02 Å². The SMILES string of the molecule is O=C(Cc1ccc(Cl)c(C(F)(F)F)c1)N1CCN[C@@H]2COC[C@H](N3CCCC3)[C@H]21. The first kappa shape index (κ1) is 20.9. The molecule has 3 aliphatic heterocycles. The number of nitrogens with one attached hydrogen (secondary N) is 1. The molecule has 160 valence electrons. The highest BCUT2D eigenvalue weighted by Gasteiger charge is 2.45. The first-order chi connectivity index (χ1) is 13.8. The fraction of sp³-hybridized carbons (Fsp3) is 0.650. The van der Waals surface area contributed by atoms with Crippen molar-refractivity contribution in [3.05, 3.63) is 34.3 Å². The van der Waals surface area contributed by atoms with Crippen molar-refractivity contribution in [3.8, 4) is 0 Å². The van der Waals surface area contributed by atoms with E-state index in [9.17, 15) is 18.0 Å². The van der Waals surface area contributed by atoms with Crippen LogP contribution in [0.4, 0.5) is 13.2 Å². The zero-order chi connectivity index (χ0) is 20.6. The van der Waals surface area contributed by atoms with E-state index in [1.54, 1.807) is 0 Å². The zero-order valence-corrected chi connectivity index (χ0v) is 16.8. The number of halogens is 4. The maximum atomic E-state index is 13.2. The predicted molar refractivity (Wildman–Crippen MR) is 103 cm³/mol. The third kappa shape index (κ3) is 4.40. The van der Waals surface area contributed by atoms with Crippen LogP contribution in [0.5, 0.6) is 0 Å². The normalized spacial score (nSPS) is 28.4. The Hall–Kier alpha value is -1.35. The third-order valence-corrected chi connectivity index (χ3v) is 6.46. The number of carbonyl (C=O) groups excluding carboxylic acids is 1. The molecule has 29 heavy (non-hydrogen) atoms. The van der Waals surface area contributed by atoms with Crippen LogP contribution in [0, 0.1) is 0 Å². The Morgan fingerprint density at radius 2 is 1.97 bits per heavy atom. The molecule has 1 N–H and O–H groups in total. The van der Waals surface area contributed by atoms with E-state index in [1.165, 1.54) is 12.1 Å². The summed E-state index contributed by atoms with van der Waals surface area (Å²) in [6, 6.07) is 3.83. The average Bonchev–Trinajstić information content (AvgIpc) is 3.22. The molecule has 0 radical (unpaired) electrons. The van der Waals surface area contributed by atoms with E-state index in [1.807, 2.05) is 4.90 Å². The molecule has 0 spiro atoms. The van der Waals surface area contributed by atoms with Gasteiger partial charge in [-0.2, -0.15) is 13.2 Å². The summed E-state index contributed by atoms with van der Waals surface area (Å²) in [5, 5.41) is 3.10. The van der Waals surface area contributed by atoms with Crippen molar-refractivity contribution in [3.63, 3.8) is 0 Å². The molecular weight excluding hydrogens is 407 g/mol. The number of hydrogen-bond acceptors (Lipinski definition) is 4. The van der Waals surface area contributed by atoms with Gasteiger partial charge in [-0.1, -0.05) is 17.7 Å². The van der Waals surface area contributed by atoms with Gasteiger partial charge in [0.25, 0.3) is 0 Å². The molecule has 3 heterocycles. The van der Waals surface area contributed by atoms with Gasteiger partial charge < -0.3 is 15.0 Å². The second kappa shape index (κ2) is 8.41. The minimum absolute atomic E-state index is 0.0301. The van der Waals surface area contributed by atoms with Crippen LogP contribution in [-0.4, -0.2) is 73.2 Å². The number of piperazine rings is 1. The molecule has 0 bridgehead atoms. The molecule has 3 atom stereocenters. The summed E-state index contributed by atoms with van der Waals surface area (Å²) in [5.41, 5.74) is -0.574. The van der Waals surface area contributed by atoms with Gasteiger partial charge in [0.1, 0.15) is 0 Å². The maximum absolute atomic E-state index is 13.2. The molecule has 1 amide bonds. The molecule has 3 aliphatic rings. The van der Waals surface area contributed by atoms with Crippen LogP contribution in [0.1, 0.15) is 24.0 Å². The Morgan fingerprint density at radius 3 is 2.69 bits per heavy atom. The lowest BCUT2D eigenvalue weighted by Crippen LogP contribution is -2.70. The molecule has 0 unspecified atom stereocenters. The summed E-state index contributed by atoms with van der Waals surface area (Å²) in [6.07, 6.45) is -2.34. The van der Waals surface area contributed by atoms with Crippen LogP contribution in [-0.2, 0) is 22.1 Å². The lowest BCUT2D eigenvalue weighted by atomic mass is 9.92. The van der Waals surface area contributed by atoms with Gasteiger partial charge in [0.2, 0.25) is 5.91 Å². The number of likely N-dealkylation sites (tertiary alicyclic amines) is 1. The second-order valence-corrected chi connectivity index (χ2v) is 8.38. The summed E-state index contributed by atoms with van der Waals surface area (Å²) < 4.78 is 45.3. The molecule has 3 fully saturated rings. The Morgan fingerprint density at radius 1 is 1.21 bits per heavy atom. The molecule has 5 nitrogen and oxygen atoms in total. The van der Waals surface area contributed by atoms with Crippen molar-refractivity contribution < 1.29 is 22.7 Å². The Bertz CT molecular complexity index is 753. The van der Waals surface area contributed by atoms with Crippen LogP contribution >= 0.6 is 11.6 Å². The van der Waals surface area contributed by atoms with E-state index in [2.05, 4.69) is 10.2 Å². The average molecular weight is 432 g/mol. The van der Waals surface area contributed by atoms with Gasteiger partial charge in [-0.3, -0.25) is 9.69 Å². The fourth-order valence-corrected chi connectivity index (χ4v) is 4.99. The van der Waals surface area contributed by atoms with Crippen LogP contribution in [0.25, 0.3) is 0 Å². The van der Waals surface area contributed by atoms with E-state index in [4.69, 9.17) is 16.3 Å². The Balaban J connectivity index is 1.54. The standard InChI is InChI=1S/C20H25ClF3N3O2/c21-15-4-3-13(9-14(15)20(22,23)24)10-18(28)27-8-5-25-16-11-29-12-17(19(16)27)26-6-1-2-7-26/h3-4,9,16-17,19,25H,1-2,5-8,10-12H2/t16-,17+,19+/m1/s1. The highest BCUT2D eigenvalue weighted by atomic mass is 35.5. The van der Waals surface area contributed by atoms with Gasteiger partial charge in [0, 0.05) is 13.1 Å². The number of alkyl halides is 3. The van der Waals surface area contributed by atoms with Crippen molar-refractivity contribution in [1.29, 1.82) is 0 Å². The van der Waals surface area contributed by atoms with Crippen molar-refractivity contribution >= 4 is 17.5 Å². The first-order valence-corrected chi connectivity index (χ1v) is 10.4. The number of ether oxygens (including phenoxy) is 1. The quantitative estimate of drug-likeness (QED) is 0.799. The van der Waals surface area contributed by atoms with Crippen LogP contribution in [0.15, 0.2) is 18.2 Å². The van der Waals surface area contributed by atoms with Gasteiger partial charge in [0.15, 0.2) is 0 Å². The van der Waals surface area contributed by atoms with Crippen molar-refractivity contribution in [2.75, 3.05) is 39.4 Å². The molecule has 4 rings (SSSR count). The maximum Gasteiger partial charge on any atom is 0.417 e. The van der Waals surface area contributed by atoms with E-state index >= 15 is 0 Å². The number of fused-ring (bicyclic) bond motifs is 1. The van der Waals surface area contributed by atoms with Gasteiger partial charge in [-0.05, 0) is 43.6 Å². The van der Waals surface area contributed by atoms with Crippen molar-refractivity contribution in [2.45, 2.75) is 43.6 Å². The highest BCUT2D eigenvalue weighted by molar-refractivity contribution is 6.31. The van der Waals surface area contributed by atoms with Crippen molar-refractivity contribution in [2.24, 2.45) is 0 Å². The Labute approximate surface area is 173 Å². The number of carbonyl (C=O) groups is 1. The van der Waals surface area contributed by atoms with Gasteiger partial charge in [-0.15, -0.1) is 0 Å². The predicted octanol–water partition coefficient (Wildman–Crippen LogP) is 2.56. The first-order valence-electron chi connectivity index (χ1n) is 10.0. The van der Waals surface area contributed by atoms with Gasteiger partial charge in [0.05, 0.1) is 48.3 Å². The summed E-state index contributed by atoms with van der Waals surface area (Å²) in [7, 11) is 0. The number of benzene rings is 1. The van der Waals surface area contributed by atoms with Crippen LogP contribution in [0.3, 0.4) is 0 Å². The highest BCUT2D eigenvalue weighted by Crippen LogP contribution is 2.35. The van der Waals surface area contributed by atoms with E-state index in [-0.39, 0.29) is 35.5 Å². The number of rotatable bonds is 3. The number of hydrogen-bond donors (Lipinski definition) is 1. The number of amides is 1. The Kier molecular flexibility index (Phi) is 6.06. The van der Waals surface area contributed by atoms with E-state index in [0.717, 1.165) is 32.0 Å². The van der Waals surface area contributed by atoms with E-state index < -0.39 is 11.7 Å². The smallest absolute Gasteiger partial charge is 0.378 e. The lowest BCUT2D eigenvalue weighted by molar-refractivity contribution is -0.143. The molecule has 3 saturated heterocycles. The van der Waals surface area contributed by atoms with Crippen molar-refractivity contribution in [1.82, 2.24) is 15.1 Å². The zero-order valence-electron chi connectivity index (χ0n) is 16.1. The monoisotopic (exact) mass is 431 g/mol. The van der Waals surface area contributed by atoms with Crippen LogP contribution < -0.4 is 5.32 Å². The molecular formula is C20H25ClF3N3O2. The topological polar surface area (TPSA) is 44.8 Å². The minimum Gasteiger partial charge on any atom is -0.378 e. The molecule has 0 saturated carbocycles. The summed E-state index contributed by atoms with van der Waals surface area (Å²) in [6.45, 7) is 4.29. The molecule has 0 aliphatic carbocycles. The molecule has 9 heteroatoms. The summed E-state index contributed by atoms with van der Waals surface area (Å²) >= 11 is 5.71. The van der Waals surface area contributed by atoms with Gasteiger partial charge in [-0.25, -0.2) is 0 Å². The van der Waals surface area contributed by atoms with Gasteiger partial charge >= 0.3 is 6.18 Å². The lowest BCUT2D eigenvalue weighted by Gasteiger charge is -2.50. The molecule has 1 aromatic rings. The molecule has 0 aromatic heterocycles. The summed E-state index contributed by atoms with van der Waals surface area (Å²) in [4.78, 5) is 17.4. The molecule has 1 aromatic carbocycles. The second-order valence-electron chi connectivity index (χ2n) is 7.97. The largest absolute Gasteiger partial charge is 0.417 e. The fourth-order valence-electron chi connectivity index (χ4n) is 4.77. The van der Waals surface area contributed by atoms with E-state index in [0.29, 0.717) is 31.9 Å². The summed E-state index contributed by atoms with van der Waals surface area (Å²) in [5.74, 6) is -0.150.